The summed E-state index contributed by atoms with van der Waals surface area (Å²) in [6.45, 7) is 4.08. The molecular weight excluding hydrogens is 256 g/mol. The Morgan fingerprint density at radius 3 is 2.65 bits per heavy atom. The highest BCUT2D eigenvalue weighted by Crippen LogP contribution is 2.33. The first-order valence-electron chi connectivity index (χ1n) is 6.61. The minimum Gasteiger partial charge on any atom is -0.479 e. The fourth-order valence-corrected chi connectivity index (χ4v) is 1.74. The Balaban J connectivity index is 3.16. The van der Waals surface area contributed by atoms with E-state index in [-0.39, 0.29) is 12.5 Å². The molecular formula is C14H24N4O2. The van der Waals surface area contributed by atoms with Crippen molar-refractivity contribution < 1.29 is 9.53 Å². The van der Waals surface area contributed by atoms with E-state index in [0.29, 0.717) is 18.0 Å². The molecule has 0 bridgehead atoms. The summed E-state index contributed by atoms with van der Waals surface area (Å²) < 4.78 is 5.23. The van der Waals surface area contributed by atoms with Gasteiger partial charge in [-0.05, 0) is 19.4 Å². The van der Waals surface area contributed by atoms with Gasteiger partial charge in [0.05, 0.1) is 18.2 Å². The van der Waals surface area contributed by atoms with Crippen LogP contribution in [0.25, 0.3) is 0 Å². The van der Waals surface area contributed by atoms with Gasteiger partial charge in [-0.2, -0.15) is 0 Å². The molecule has 0 fully saturated rings. The molecule has 0 saturated carbocycles. The van der Waals surface area contributed by atoms with Crippen LogP contribution < -0.4 is 20.7 Å². The highest BCUT2D eigenvalue weighted by atomic mass is 16.5. The zero-order chi connectivity index (χ0) is 15.3. The summed E-state index contributed by atoms with van der Waals surface area (Å²) in [5.41, 5.74) is 6.52. The van der Waals surface area contributed by atoms with Gasteiger partial charge in [-0.1, -0.05) is 6.92 Å². The summed E-state index contributed by atoms with van der Waals surface area (Å²) in [4.78, 5) is 18.5. The van der Waals surface area contributed by atoms with Gasteiger partial charge in [-0.15, -0.1) is 0 Å². The zero-order valence-electron chi connectivity index (χ0n) is 12.9. The van der Waals surface area contributed by atoms with Crippen LogP contribution in [0, 0.1) is 5.41 Å². The molecule has 0 aliphatic rings. The quantitative estimate of drug-likeness (QED) is 0.824. The van der Waals surface area contributed by atoms with Gasteiger partial charge in [-0.3, -0.25) is 4.79 Å². The first-order chi connectivity index (χ1) is 9.39. The topological polar surface area (TPSA) is 80.5 Å². The van der Waals surface area contributed by atoms with Crippen LogP contribution in [-0.4, -0.2) is 38.6 Å². The second-order valence-corrected chi connectivity index (χ2v) is 5.18. The van der Waals surface area contributed by atoms with Crippen LogP contribution in [0.4, 0.5) is 11.4 Å². The Kier molecular flexibility index (Phi) is 5.33. The lowest BCUT2D eigenvalue weighted by atomic mass is 9.86. The Morgan fingerprint density at radius 1 is 1.55 bits per heavy atom. The van der Waals surface area contributed by atoms with E-state index in [0.717, 1.165) is 5.69 Å². The van der Waals surface area contributed by atoms with Gasteiger partial charge in [0.2, 0.25) is 11.8 Å². The van der Waals surface area contributed by atoms with E-state index in [2.05, 4.69) is 10.3 Å². The maximum absolute atomic E-state index is 12.4. The number of hydrogen-bond acceptors (Lipinski definition) is 5. The largest absolute Gasteiger partial charge is 0.479 e. The highest BCUT2D eigenvalue weighted by molar-refractivity contribution is 5.99. The first kappa shape index (κ1) is 16.2. The molecule has 3 N–H and O–H groups in total. The van der Waals surface area contributed by atoms with Crippen molar-refractivity contribution in [3.8, 4) is 5.88 Å². The number of nitrogens with two attached hydrogens (primary N) is 1. The number of amides is 1. The monoisotopic (exact) mass is 280 g/mol. The molecule has 20 heavy (non-hydrogen) atoms. The average Bonchev–Trinajstić information content (AvgIpc) is 2.46. The van der Waals surface area contributed by atoms with Gasteiger partial charge in [0.15, 0.2) is 0 Å². The minimum atomic E-state index is -0.607. The molecule has 0 saturated heterocycles. The maximum Gasteiger partial charge on any atom is 0.239 e. The smallest absolute Gasteiger partial charge is 0.239 e. The third-order valence-electron chi connectivity index (χ3n) is 3.59. The molecule has 0 aromatic carbocycles. The molecule has 1 amide bonds. The number of nitrogens with zero attached hydrogens (tertiary/aromatic N) is 2. The first-order valence-corrected chi connectivity index (χ1v) is 6.61. The molecule has 1 aromatic heterocycles. The zero-order valence-corrected chi connectivity index (χ0v) is 12.9. The summed E-state index contributed by atoms with van der Waals surface area (Å²) in [6.07, 6.45) is 2.31. The lowest BCUT2D eigenvalue weighted by Gasteiger charge is -2.27. The molecule has 0 aliphatic heterocycles. The van der Waals surface area contributed by atoms with Crippen LogP contribution in [0.1, 0.15) is 20.3 Å². The van der Waals surface area contributed by atoms with E-state index >= 15 is 0 Å². The number of ether oxygens (including phenoxy) is 1. The fourth-order valence-electron chi connectivity index (χ4n) is 1.74. The molecule has 1 unspecified atom stereocenters. The van der Waals surface area contributed by atoms with Crippen LogP contribution >= 0.6 is 0 Å². The number of hydrogen-bond donors (Lipinski definition) is 2. The summed E-state index contributed by atoms with van der Waals surface area (Å²) >= 11 is 0. The van der Waals surface area contributed by atoms with E-state index in [4.69, 9.17) is 10.5 Å². The molecule has 1 heterocycles. The van der Waals surface area contributed by atoms with Crippen molar-refractivity contribution in [2.24, 2.45) is 11.1 Å². The van der Waals surface area contributed by atoms with Crippen LogP contribution in [0.3, 0.4) is 0 Å². The number of anilines is 2. The van der Waals surface area contributed by atoms with Crippen LogP contribution in [-0.2, 0) is 4.79 Å². The highest BCUT2D eigenvalue weighted by Gasteiger charge is 2.31. The Hall–Kier alpha value is -1.82. The van der Waals surface area contributed by atoms with Crippen LogP contribution in [0.5, 0.6) is 5.88 Å². The van der Waals surface area contributed by atoms with E-state index in [1.54, 1.807) is 6.20 Å². The van der Waals surface area contributed by atoms with Gasteiger partial charge in [0.25, 0.3) is 0 Å². The van der Waals surface area contributed by atoms with Gasteiger partial charge < -0.3 is 20.7 Å². The molecule has 1 atom stereocenters. The Labute approximate surface area is 120 Å². The van der Waals surface area contributed by atoms with Gasteiger partial charge in [0.1, 0.15) is 5.69 Å². The van der Waals surface area contributed by atoms with Crippen molar-refractivity contribution >= 4 is 17.3 Å². The van der Waals surface area contributed by atoms with Crippen molar-refractivity contribution in [3.05, 3.63) is 12.3 Å². The molecule has 0 spiro atoms. The van der Waals surface area contributed by atoms with Gasteiger partial charge in [0, 0.05) is 26.8 Å². The van der Waals surface area contributed by atoms with Crippen molar-refractivity contribution in [2.75, 3.05) is 38.0 Å². The van der Waals surface area contributed by atoms with Crippen molar-refractivity contribution in [3.63, 3.8) is 0 Å². The van der Waals surface area contributed by atoms with Gasteiger partial charge >= 0.3 is 0 Å². The van der Waals surface area contributed by atoms with Gasteiger partial charge in [-0.25, -0.2) is 4.98 Å². The number of methoxy groups -OCH3 is 1. The lowest BCUT2D eigenvalue weighted by Crippen LogP contribution is -2.39. The number of carbonyl (C=O) groups excluding carboxylic acids is 1. The number of pyridine rings is 1. The number of carbonyl (C=O) groups is 1. The second kappa shape index (κ2) is 6.56. The summed E-state index contributed by atoms with van der Waals surface area (Å²) in [5.74, 6) is 0.261. The summed E-state index contributed by atoms with van der Waals surface area (Å²) in [6, 6.07) is 1.82. The van der Waals surface area contributed by atoms with Crippen LogP contribution in [0.15, 0.2) is 12.3 Å². The fraction of sp³-hybridized carbons (Fsp3) is 0.571. The molecule has 6 heteroatoms. The third-order valence-corrected chi connectivity index (χ3v) is 3.59. The Morgan fingerprint density at radius 2 is 2.20 bits per heavy atom. The summed E-state index contributed by atoms with van der Waals surface area (Å²) in [5, 5.41) is 2.91. The Bertz CT molecular complexity index is 470. The van der Waals surface area contributed by atoms with E-state index < -0.39 is 5.41 Å². The summed E-state index contributed by atoms with van der Waals surface area (Å²) in [7, 11) is 5.32. The predicted octanol–water partition coefficient (Wildman–Crippen LogP) is 1.47. The lowest BCUT2D eigenvalue weighted by molar-refractivity contribution is -0.124. The predicted molar refractivity (Wildman–Crippen MR) is 81.2 cm³/mol. The van der Waals surface area contributed by atoms with Crippen molar-refractivity contribution in [1.29, 1.82) is 0 Å². The molecule has 0 aliphatic carbocycles. The maximum atomic E-state index is 12.4. The normalized spacial score (nSPS) is 13.5. The molecule has 0 radical (unpaired) electrons. The van der Waals surface area contributed by atoms with E-state index in [1.807, 2.05) is 38.9 Å². The molecule has 6 nitrogen and oxygen atoms in total. The second-order valence-electron chi connectivity index (χ2n) is 5.18. The minimum absolute atomic E-state index is 0.128. The van der Waals surface area contributed by atoms with E-state index in [1.165, 1.54) is 7.11 Å². The van der Waals surface area contributed by atoms with Crippen molar-refractivity contribution in [1.82, 2.24) is 4.98 Å². The van der Waals surface area contributed by atoms with Crippen LogP contribution in [0.2, 0.25) is 0 Å². The number of aromatic nitrogens is 1. The number of nitrogens with one attached hydrogen (secondary N) is 1. The molecule has 1 rings (SSSR count). The van der Waals surface area contributed by atoms with Crippen molar-refractivity contribution in [2.45, 2.75) is 20.3 Å². The third kappa shape index (κ3) is 3.19. The average molecular weight is 280 g/mol. The molecule has 1 aromatic rings. The molecule has 112 valence electrons. The number of rotatable bonds is 6. The van der Waals surface area contributed by atoms with E-state index in [9.17, 15) is 4.79 Å². The SMILES string of the molecule is CCC(C)(CN)C(=O)Nc1c(N(C)C)ccnc1OC. The standard InChI is InChI=1S/C14H24N4O2/c1-6-14(2,9-15)13(19)17-11-10(18(3)4)7-8-16-12(11)20-5/h7-8H,6,9,15H2,1-5H3,(H,17,19).